The standard InChI is InChI=1S/C14H17IN4/c1-3-12-18-13(16-4-2)9-14(19-12)17-11-7-5-10(15)6-8-11/h5-9H,3-4H2,1-2H3,(H2,16,17,18,19). The van der Waals surface area contributed by atoms with Gasteiger partial charge in [-0.15, -0.1) is 0 Å². The SMILES string of the molecule is CCNc1cc(Nc2ccc(I)cc2)nc(CC)n1. The maximum Gasteiger partial charge on any atom is 0.136 e. The molecule has 0 saturated heterocycles. The number of anilines is 3. The molecule has 19 heavy (non-hydrogen) atoms. The van der Waals surface area contributed by atoms with Gasteiger partial charge in [0.1, 0.15) is 17.5 Å². The zero-order chi connectivity index (χ0) is 13.7. The summed E-state index contributed by atoms with van der Waals surface area (Å²) in [5, 5.41) is 6.54. The third-order valence-electron chi connectivity index (χ3n) is 2.56. The van der Waals surface area contributed by atoms with Gasteiger partial charge in [-0.25, -0.2) is 9.97 Å². The Labute approximate surface area is 127 Å². The first kappa shape index (κ1) is 14.0. The minimum absolute atomic E-state index is 0.820. The van der Waals surface area contributed by atoms with E-state index in [1.807, 2.05) is 18.2 Å². The lowest BCUT2D eigenvalue weighted by molar-refractivity contribution is 0.939. The molecule has 1 aromatic carbocycles. The number of aryl methyl sites for hydroxylation is 1. The first-order chi connectivity index (χ1) is 9.21. The second kappa shape index (κ2) is 6.70. The van der Waals surface area contributed by atoms with E-state index in [-0.39, 0.29) is 0 Å². The van der Waals surface area contributed by atoms with Crippen molar-refractivity contribution in [1.82, 2.24) is 9.97 Å². The van der Waals surface area contributed by atoms with Gasteiger partial charge in [0.15, 0.2) is 0 Å². The van der Waals surface area contributed by atoms with Gasteiger partial charge in [-0.2, -0.15) is 0 Å². The molecule has 4 nitrogen and oxygen atoms in total. The average Bonchev–Trinajstić information content (AvgIpc) is 2.41. The summed E-state index contributed by atoms with van der Waals surface area (Å²) in [6.07, 6.45) is 0.820. The number of hydrogen-bond donors (Lipinski definition) is 2. The molecule has 0 aliphatic rings. The van der Waals surface area contributed by atoms with Crippen molar-refractivity contribution >= 4 is 39.9 Å². The van der Waals surface area contributed by atoms with E-state index in [4.69, 9.17) is 0 Å². The van der Waals surface area contributed by atoms with Crippen LogP contribution in [0.25, 0.3) is 0 Å². The predicted molar refractivity (Wildman–Crippen MR) is 88.0 cm³/mol. The van der Waals surface area contributed by atoms with Crippen LogP contribution in [0, 0.1) is 3.57 Å². The second-order valence-electron chi connectivity index (χ2n) is 4.07. The lowest BCUT2D eigenvalue weighted by Crippen LogP contribution is -2.05. The van der Waals surface area contributed by atoms with Gasteiger partial charge in [-0.1, -0.05) is 6.92 Å². The number of benzene rings is 1. The van der Waals surface area contributed by atoms with Crippen molar-refractivity contribution in [3.8, 4) is 0 Å². The molecule has 0 amide bonds. The van der Waals surface area contributed by atoms with Crippen molar-refractivity contribution in [2.45, 2.75) is 20.3 Å². The normalized spacial score (nSPS) is 10.3. The fourth-order valence-corrected chi connectivity index (χ4v) is 2.03. The Balaban J connectivity index is 2.23. The van der Waals surface area contributed by atoms with E-state index >= 15 is 0 Å². The fourth-order valence-electron chi connectivity index (χ4n) is 1.67. The van der Waals surface area contributed by atoms with Crippen LogP contribution in [0.2, 0.25) is 0 Å². The van der Waals surface area contributed by atoms with Gasteiger partial charge < -0.3 is 10.6 Å². The lowest BCUT2D eigenvalue weighted by atomic mass is 10.3. The smallest absolute Gasteiger partial charge is 0.136 e. The number of halogens is 1. The van der Waals surface area contributed by atoms with Crippen LogP contribution in [-0.4, -0.2) is 16.5 Å². The molecule has 0 saturated carbocycles. The largest absolute Gasteiger partial charge is 0.370 e. The van der Waals surface area contributed by atoms with Gasteiger partial charge in [-0.05, 0) is 53.8 Å². The molecular formula is C14H17IN4. The average molecular weight is 368 g/mol. The van der Waals surface area contributed by atoms with Crippen molar-refractivity contribution < 1.29 is 0 Å². The first-order valence-corrected chi connectivity index (χ1v) is 7.43. The van der Waals surface area contributed by atoms with Crippen LogP contribution in [0.3, 0.4) is 0 Å². The summed E-state index contributed by atoms with van der Waals surface area (Å²) in [7, 11) is 0. The summed E-state index contributed by atoms with van der Waals surface area (Å²) >= 11 is 2.29. The van der Waals surface area contributed by atoms with Crippen molar-refractivity contribution in [1.29, 1.82) is 0 Å². The molecule has 0 spiro atoms. The number of hydrogen-bond acceptors (Lipinski definition) is 4. The number of nitrogens with one attached hydrogen (secondary N) is 2. The molecule has 5 heteroatoms. The summed E-state index contributed by atoms with van der Waals surface area (Å²) < 4.78 is 1.22. The van der Waals surface area contributed by atoms with Crippen LogP contribution in [0.5, 0.6) is 0 Å². The van der Waals surface area contributed by atoms with Crippen molar-refractivity contribution in [3.05, 3.63) is 39.7 Å². The van der Waals surface area contributed by atoms with E-state index in [2.05, 4.69) is 69.2 Å². The molecule has 2 N–H and O–H groups in total. The highest BCUT2D eigenvalue weighted by atomic mass is 127. The Bertz CT molecular complexity index is 540. The van der Waals surface area contributed by atoms with Gasteiger partial charge in [-0.3, -0.25) is 0 Å². The molecule has 0 unspecified atom stereocenters. The molecular weight excluding hydrogens is 351 g/mol. The van der Waals surface area contributed by atoms with E-state index in [9.17, 15) is 0 Å². The Morgan fingerprint density at radius 1 is 1.05 bits per heavy atom. The van der Waals surface area contributed by atoms with Crippen LogP contribution >= 0.6 is 22.6 Å². The monoisotopic (exact) mass is 368 g/mol. The quantitative estimate of drug-likeness (QED) is 0.788. The Morgan fingerprint density at radius 3 is 2.37 bits per heavy atom. The molecule has 0 aliphatic heterocycles. The van der Waals surface area contributed by atoms with E-state index in [1.165, 1.54) is 3.57 Å². The van der Waals surface area contributed by atoms with Crippen LogP contribution in [-0.2, 0) is 6.42 Å². The molecule has 1 aromatic heterocycles. The highest BCUT2D eigenvalue weighted by molar-refractivity contribution is 14.1. The molecule has 0 aliphatic carbocycles. The summed E-state index contributed by atoms with van der Waals surface area (Å²) in [5.74, 6) is 2.53. The maximum absolute atomic E-state index is 4.49. The fraction of sp³-hybridized carbons (Fsp3) is 0.286. The number of nitrogens with zero attached hydrogens (tertiary/aromatic N) is 2. The topological polar surface area (TPSA) is 49.8 Å². The molecule has 100 valence electrons. The predicted octanol–water partition coefficient (Wildman–Crippen LogP) is 3.82. The van der Waals surface area contributed by atoms with E-state index in [1.54, 1.807) is 0 Å². The van der Waals surface area contributed by atoms with Gasteiger partial charge >= 0.3 is 0 Å². The molecule has 2 aromatic rings. The molecule has 0 atom stereocenters. The number of aromatic nitrogens is 2. The maximum atomic E-state index is 4.49. The Kier molecular flexibility index (Phi) is 4.95. The number of rotatable bonds is 5. The second-order valence-corrected chi connectivity index (χ2v) is 5.32. The van der Waals surface area contributed by atoms with E-state index in [0.717, 1.165) is 36.1 Å². The summed E-state index contributed by atoms with van der Waals surface area (Å²) in [6.45, 7) is 4.96. The van der Waals surface area contributed by atoms with Crippen LogP contribution < -0.4 is 10.6 Å². The molecule has 0 bridgehead atoms. The molecule has 1 heterocycles. The lowest BCUT2D eigenvalue weighted by Gasteiger charge is -2.10. The van der Waals surface area contributed by atoms with Crippen molar-refractivity contribution in [2.24, 2.45) is 0 Å². The van der Waals surface area contributed by atoms with Gasteiger partial charge in [0.05, 0.1) is 0 Å². The minimum Gasteiger partial charge on any atom is -0.370 e. The zero-order valence-electron chi connectivity index (χ0n) is 11.1. The van der Waals surface area contributed by atoms with Crippen LogP contribution in [0.1, 0.15) is 19.7 Å². The summed E-state index contributed by atoms with van der Waals surface area (Å²) in [4.78, 5) is 8.92. The summed E-state index contributed by atoms with van der Waals surface area (Å²) in [6, 6.07) is 10.2. The summed E-state index contributed by atoms with van der Waals surface area (Å²) in [5.41, 5.74) is 1.03. The van der Waals surface area contributed by atoms with Crippen molar-refractivity contribution in [3.63, 3.8) is 0 Å². The first-order valence-electron chi connectivity index (χ1n) is 6.35. The van der Waals surface area contributed by atoms with Crippen molar-refractivity contribution in [2.75, 3.05) is 17.2 Å². The molecule has 0 fully saturated rings. The van der Waals surface area contributed by atoms with E-state index < -0.39 is 0 Å². The zero-order valence-corrected chi connectivity index (χ0v) is 13.2. The Hall–Kier alpha value is -1.37. The molecule has 2 rings (SSSR count). The molecule has 0 radical (unpaired) electrons. The van der Waals surface area contributed by atoms with Crippen LogP contribution in [0.15, 0.2) is 30.3 Å². The highest BCUT2D eigenvalue weighted by Crippen LogP contribution is 2.18. The highest BCUT2D eigenvalue weighted by Gasteiger charge is 2.03. The third kappa shape index (κ3) is 4.05. The van der Waals surface area contributed by atoms with Gasteiger partial charge in [0, 0.05) is 28.3 Å². The Morgan fingerprint density at radius 2 is 1.74 bits per heavy atom. The minimum atomic E-state index is 0.820. The van der Waals surface area contributed by atoms with E-state index in [0.29, 0.717) is 0 Å². The van der Waals surface area contributed by atoms with Gasteiger partial charge in [0.2, 0.25) is 0 Å². The third-order valence-corrected chi connectivity index (χ3v) is 3.28. The van der Waals surface area contributed by atoms with Crippen LogP contribution in [0.4, 0.5) is 17.3 Å². The van der Waals surface area contributed by atoms with Gasteiger partial charge in [0.25, 0.3) is 0 Å².